The van der Waals surface area contributed by atoms with Crippen molar-refractivity contribution in [1.29, 1.82) is 0 Å². The minimum absolute atomic E-state index is 0.0203. The predicted molar refractivity (Wildman–Crippen MR) is 128 cm³/mol. The highest BCUT2D eigenvalue weighted by Crippen LogP contribution is 2.25. The number of nitrogens with zero attached hydrogens (tertiary/aromatic N) is 1. The molecule has 0 aliphatic carbocycles. The van der Waals surface area contributed by atoms with Gasteiger partial charge in [-0.05, 0) is 55.0 Å². The Morgan fingerprint density at radius 1 is 0.971 bits per heavy atom. The summed E-state index contributed by atoms with van der Waals surface area (Å²) in [5, 5.41) is 2.70. The summed E-state index contributed by atoms with van der Waals surface area (Å²) in [5.74, 6) is -0.659. The average molecular weight is 483 g/mol. The first-order valence-electron chi connectivity index (χ1n) is 10.5. The van der Waals surface area contributed by atoms with Gasteiger partial charge in [0.05, 0.1) is 23.3 Å². The van der Waals surface area contributed by atoms with Crippen molar-refractivity contribution in [2.45, 2.75) is 24.5 Å². The van der Waals surface area contributed by atoms with Crippen molar-refractivity contribution in [3.8, 4) is 5.75 Å². The van der Waals surface area contributed by atoms with Crippen LogP contribution in [0.2, 0.25) is 0 Å². The first-order valence-corrected chi connectivity index (χ1v) is 11.9. The van der Waals surface area contributed by atoms with Crippen LogP contribution in [0, 0.1) is 0 Å². The quantitative estimate of drug-likeness (QED) is 0.469. The molecule has 1 atom stereocenters. The molecule has 0 aromatic heterocycles. The molecule has 0 saturated carbocycles. The number of ether oxygens (including phenoxy) is 2. The molecule has 0 fully saturated rings. The fourth-order valence-corrected chi connectivity index (χ4v) is 4.33. The molecule has 1 unspecified atom stereocenters. The number of hydrogen-bond acceptors (Lipinski definition) is 6. The number of anilines is 1. The van der Waals surface area contributed by atoms with Crippen LogP contribution in [0.15, 0.2) is 83.8 Å². The minimum Gasteiger partial charge on any atom is -0.497 e. The number of benzene rings is 3. The van der Waals surface area contributed by atoms with Crippen molar-refractivity contribution in [3.05, 3.63) is 90.0 Å². The van der Waals surface area contributed by atoms with Gasteiger partial charge in [0.2, 0.25) is 0 Å². The number of rotatable bonds is 9. The molecule has 0 aliphatic heterocycles. The van der Waals surface area contributed by atoms with Gasteiger partial charge in [-0.25, -0.2) is 13.2 Å². The van der Waals surface area contributed by atoms with E-state index in [1.807, 2.05) is 30.3 Å². The van der Waals surface area contributed by atoms with Crippen molar-refractivity contribution in [2.75, 3.05) is 18.5 Å². The SMILES string of the molecule is COc1ccc(N(C)S(=O)(=O)c2cccc(C(=O)OC(C)C(=O)NCc3ccccc3)c2)cc1. The largest absolute Gasteiger partial charge is 0.497 e. The van der Waals surface area contributed by atoms with Crippen LogP contribution in [0.4, 0.5) is 5.69 Å². The normalized spacial score (nSPS) is 11.9. The number of amides is 1. The van der Waals surface area contributed by atoms with Gasteiger partial charge in [0.1, 0.15) is 5.75 Å². The standard InChI is InChI=1S/C25H26N2O6S/c1-18(24(28)26-17-19-8-5-4-6-9-19)33-25(29)20-10-7-11-23(16-20)34(30,31)27(2)21-12-14-22(32-3)15-13-21/h4-16,18H,17H2,1-3H3,(H,26,28). The zero-order valence-corrected chi connectivity index (χ0v) is 19.9. The van der Waals surface area contributed by atoms with Crippen molar-refractivity contribution >= 4 is 27.6 Å². The summed E-state index contributed by atoms with van der Waals surface area (Å²) in [6, 6.07) is 21.4. The Bertz CT molecular complexity index is 1240. The molecule has 0 heterocycles. The number of carbonyl (C=O) groups is 2. The minimum atomic E-state index is -3.95. The molecule has 1 amide bonds. The van der Waals surface area contributed by atoms with Crippen molar-refractivity contribution in [3.63, 3.8) is 0 Å². The van der Waals surface area contributed by atoms with E-state index < -0.39 is 28.0 Å². The molecule has 0 spiro atoms. The third-order valence-electron chi connectivity index (χ3n) is 5.13. The molecule has 3 aromatic carbocycles. The summed E-state index contributed by atoms with van der Waals surface area (Å²) in [5.41, 5.74) is 1.36. The maximum absolute atomic E-state index is 13.1. The summed E-state index contributed by atoms with van der Waals surface area (Å²) in [7, 11) is -1.01. The van der Waals surface area contributed by atoms with Crippen LogP contribution >= 0.6 is 0 Å². The number of nitrogens with one attached hydrogen (secondary N) is 1. The smallest absolute Gasteiger partial charge is 0.338 e. The molecule has 0 aliphatic rings. The predicted octanol–water partition coefficient (Wildman–Crippen LogP) is 3.38. The summed E-state index contributed by atoms with van der Waals surface area (Å²) in [4.78, 5) is 24.8. The third-order valence-corrected chi connectivity index (χ3v) is 6.91. The maximum Gasteiger partial charge on any atom is 0.338 e. The molecule has 3 aromatic rings. The van der Waals surface area contributed by atoms with E-state index in [0.717, 1.165) is 9.87 Å². The Morgan fingerprint density at radius 3 is 2.29 bits per heavy atom. The first-order chi connectivity index (χ1) is 16.2. The molecule has 9 heteroatoms. The van der Waals surface area contributed by atoms with E-state index in [4.69, 9.17) is 9.47 Å². The number of carbonyl (C=O) groups excluding carboxylic acids is 2. The van der Waals surface area contributed by atoms with E-state index in [-0.39, 0.29) is 10.5 Å². The molecule has 8 nitrogen and oxygen atoms in total. The number of sulfonamides is 1. The Kier molecular flexibility index (Phi) is 7.91. The Hall–Kier alpha value is -3.85. The lowest BCUT2D eigenvalue weighted by molar-refractivity contribution is -0.129. The average Bonchev–Trinajstić information content (AvgIpc) is 2.87. The zero-order chi connectivity index (χ0) is 24.7. The van der Waals surface area contributed by atoms with E-state index in [2.05, 4.69) is 5.32 Å². The lowest BCUT2D eigenvalue weighted by atomic mass is 10.2. The van der Waals surface area contributed by atoms with Gasteiger partial charge in [-0.2, -0.15) is 0 Å². The zero-order valence-electron chi connectivity index (χ0n) is 19.1. The lowest BCUT2D eigenvalue weighted by Crippen LogP contribution is -2.35. The number of esters is 1. The van der Waals surface area contributed by atoms with Crippen LogP contribution < -0.4 is 14.4 Å². The highest BCUT2D eigenvalue weighted by molar-refractivity contribution is 7.92. The molecular weight excluding hydrogens is 456 g/mol. The molecule has 178 valence electrons. The summed E-state index contributed by atoms with van der Waals surface area (Å²) in [6.07, 6.45) is -1.06. The van der Waals surface area contributed by atoms with Crippen LogP contribution in [-0.4, -0.2) is 40.6 Å². The van der Waals surface area contributed by atoms with E-state index in [9.17, 15) is 18.0 Å². The fraction of sp³-hybridized carbons (Fsp3) is 0.200. The van der Waals surface area contributed by atoms with Gasteiger partial charge in [0, 0.05) is 13.6 Å². The Morgan fingerprint density at radius 2 is 1.65 bits per heavy atom. The van der Waals surface area contributed by atoms with E-state index in [1.165, 1.54) is 45.3 Å². The van der Waals surface area contributed by atoms with Crippen molar-refractivity contribution in [2.24, 2.45) is 0 Å². The van der Waals surface area contributed by atoms with Crippen LogP contribution in [-0.2, 0) is 26.1 Å². The van der Waals surface area contributed by atoms with E-state index in [1.54, 1.807) is 24.3 Å². The first kappa shape index (κ1) is 24.8. The van der Waals surface area contributed by atoms with Gasteiger partial charge < -0.3 is 14.8 Å². The van der Waals surface area contributed by atoms with Gasteiger partial charge >= 0.3 is 5.97 Å². The van der Waals surface area contributed by atoms with Crippen molar-refractivity contribution < 1.29 is 27.5 Å². The molecule has 0 radical (unpaired) electrons. The topological polar surface area (TPSA) is 102 Å². The fourth-order valence-electron chi connectivity index (χ4n) is 3.08. The molecule has 0 saturated heterocycles. The van der Waals surface area contributed by atoms with Gasteiger partial charge in [0.25, 0.3) is 15.9 Å². The summed E-state index contributed by atoms with van der Waals surface area (Å²) in [6.45, 7) is 1.75. The van der Waals surface area contributed by atoms with Crippen LogP contribution in [0.3, 0.4) is 0 Å². The van der Waals surface area contributed by atoms with Crippen LogP contribution in [0.25, 0.3) is 0 Å². The lowest BCUT2D eigenvalue weighted by Gasteiger charge is -2.20. The second kappa shape index (κ2) is 10.8. The van der Waals surface area contributed by atoms with Crippen LogP contribution in [0.1, 0.15) is 22.8 Å². The number of methoxy groups -OCH3 is 1. The van der Waals surface area contributed by atoms with Gasteiger partial charge in [-0.1, -0.05) is 36.4 Å². The summed E-state index contributed by atoms with van der Waals surface area (Å²) < 4.78 is 37.6. The van der Waals surface area contributed by atoms with E-state index >= 15 is 0 Å². The monoisotopic (exact) mass is 482 g/mol. The van der Waals surface area contributed by atoms with E-state index in [0.29, 0.717) is 18.0 Å². The summed E-state index contributed by atoms with van der Waals surface area (Å²) >= 11 is 0. The Labute approximate surface area is 199 Å². The highest BCUT2D eigenvalue weighted by atomic mass is 32.2. The number of hydrogen-bond donors (Lipinski definition) is 1. The molecule has 3 rings (SSSR count). The second-order valence-electron chi connectivity index (χ2n) is 7.45. The van der Waals surface area contributed by atoms with Gasteiger partial charge in [-0.15, -0.1) is 0 Å². The molecule has 1 N–H and O–H groups in total. The van der Waals surface area contributed by atoms with Crippen LogP contribution in [0.5, 0.6) is 5.75 Å². The second-order valence-corrected chi connectivity index (χ2v) is 9.42. The Balaban J connectivity index is 1.68. The van der Waals surface area contributed by atoms with Gasteiger partial charge in [0.15, 0.2) is 6.10 Å². The molecule has 0 bridgehead atoms. The third kappa shape index (κ3) is 5.93. The maximum atomic E-state index is 13.1. The molecular formula is C25H26N2O6S. The van der Waals surface area contributed by atoms with Crippen molar-refractivity contribution in [1.82, 2.24) is 5.32 Å². The molecule has 34 heavy (non-hydrogen) atoms. The highest BCUT2D eigenvalue weighted by Gasteiger charge is 2.24. The van der Waals surface area contributed by atoms with Gasteiger partial charge in [-0.3, -0.25) is 9.10 Å².